The quantitative estimate of drug-likeness (QED) is 0.547. The number of hydrogen-bond acceptors (Lipinski definition) is 5. The molecule has 0 unspecified atom stereocenters. The lowest BCUT2D eigenvalue weighted by atomic mass is 10.5. The molecule has 0 spiro atoms. The molecule has 6 heteroatoms. The number of hydrogen-bond donors (Lipinski definition) is 1. The number of aromatic nitrogens is 2. The van der Waals surface area contributed by atoms with Gasteiger partial charge < -0.3 is 0 Å². The fourth-order valence-electron chi connectivity index (χ4n) is 0.503. The Kier molecular flexibility index (Phi) is 2.99. The van der Waals surface area contributed by atoms with Gasteiger partial charge in [-0.15, -0.1) is 10.2 Å². The summed E-state index contributed by atoms with van der Waals surface area (Å²) in [6.07, 6.45) is 1.05. The highest BCUT2D eigenvalue weighted by Crippen LogP contribution is 2.05. The number of halogens is 1. The van der Waals surface area contributed by atoms with Crippen LogP contribution in [0.1, 0.15) is 0 Å². The first-order chi connectivity index (χ1) is 5.83. The lowest BCUT2D eigenvalue weighted by Crippen LogP contribution is -1.93. The van der Waals surface area contributed by atoms with Gasteiger partial charge in [0.2, 0.25) is 0 Å². The van der Waals surface area contributed by atoms with Gasteiger partial charge in [0.25, 0.3) is 0 Å². The zero-order chi connectivity index (χ0) is 8.81. The third-order valence-corrected chi connectivity index (χ3v) is 1.13. The first-order valence-corrected chi connectivity index (χ1v) is 3.37. The molecule has 1 rings (SSSR count). The van der Waals surface area contributed by atoms with E-state index in [9.17, 15) is 0 Å². The average Bonchev–Trinajstić information content (AvgIpc) is 2.09. The van der Waals surface area contributed by atoms with Crippen molar-refractivity contribution >= 4 is 23.6 Å². The Hall–Kier alpha value is -1.67. The van der Waals surface area contributed by atoms with Gasteiger partial charge in [0.1, 0.15) is 12.3 Å². The van der Waals surface area contributed by atoms with E-state index in [0.29, 0.717) is 11.0 Å². The second-order valence-electron chi connectivity index (χ2n) is 1.74. The van der Waals surface area contributed by atoms with Crippen LogP contribution in [0.3, 0.4) is 0 Å². The van der Waals surface area contributed by atoms with Gasteiger partial charge in [0.15, 0.2) is 11.0 Å². The molecule has 0 bridgehead atoms. The molecule has 0 amide bonds. The molecule has 1 aromatic rings. The Bertz CT molecular complexity index is 312. The van der Waals surface area contributed by atoms with Gasteiger partial charge in [-0.25, -0.2) is 0 Å². The van der Waals surface area contributed by atoms with E-state index < -0.39 is 0 Å². The molecule has 60 valence electrons. The second-order valence-corrected chi connectivity index (χ2v) is 2.13. The summed E-state index contributed by atoms with van der Waals surface area (Å²) in [6.45, 7) is 0. The number of nitrogens with one attached hydrogen (secondary N) is 1. The van der Waals surface area contributed by atoms with Crippen LogP contribution in [0.5, 0.6) is 0 Å². The van der Waals surface area contributed by atoms with Crippen molar-refractivity contribution < 1.29 is 0 Å². The van der Waals surface area contributed by atoms with E-state index in [1.165, 1.54) is 0 Å². The van der Waals surface area contributed by atoms with Crippen molar-refractivity contribution in [2.45, 2.75) is 0 Å². The van der Waals surface area contributed by atoms with Crippen LogP contribution in [-0.4, -0.2) is 16.4 Å². The summed E-state index contributed by atoms with van der Waals surface area (Å²) in [7, 11) is 0. The van der Waals surface area contributed by atoms with E-state index in [-0.39, 0.29) is 0 Å². The molecule has 0 fully saturated rings. The van der Waals surface area contributed by atoms with Gasteiger partial charge >= 0.3 is 0 Å². The van der Waals surface area contributed by atoms with E-state index in [1.54, 1.807) is 18.2 Å². The molecule has 0 saturated heterocycles. The first kappa shape index (κ1) is 8.43. The molecule has 0 aliphatic heterocycles. The zero-order valence-electron chi connectivity index (χ0n) is 5.90. The van der Waals surface area contributed by atoms with Crippen LogP contribution < -0.4 is 5.43 Å². The monoisotopic (exact) mass is 181 g/mol. The van der Waals surface area contributed by atoms with E-state index in [2.05, 4.69) is 20.7 Å². The number of nitrogens with zero attached hydrogens (tertiary/aromatic N) is 4. The van der Waals surface area contributed by atoms with Crippen molar-refractivity contribution in [3.63, 3.8) is 0 Å². The predicted molar refractivity (Wildman–Crippen MR) is 44.8 cm³/mol. The SMILES string of the molecule is N#C/C=N/Nc1ccc(Cl)nn1. The summed E-state index contributed by atoms with van der Waals surface area (Å²) in [4.78, 5) is 0. The van der Waals surface area contributed by atoms with Gasteiger partial charge in [-0.2, -0.15) is 10.4 Å². The Morgan fingerprint density at radius 2 is 2.42 bits per heavy atom. The van der Waals surface area contributed by atoms with Crippen molar-refractivity contribution in [3.05, 3.63) is 17.3 Å². The summed E-state index contributed by atoms with van der Waals surface area (Å²) in [5.74, 6) is 0.436. The van der Waals surface area contributed by atoms with Crippen LogP contribution >= 0.6 is 11.6 Å². The van der Waals surface area contributed by atoms with Crippen LogP contribution in [-0.2, 0) is 0 Å². The molecule has 5 nitrogen and oxygen atoms in total. The van der Waals surface area contributed by atoms with Crippen molar-refractivity contribution in [3.8, 4) is 6.07 Å². The fourth-order valence-corrected chi connectivity index (χ4v) is 0.604. The van der Waals surface area contributed by atoms with Crippen molar-refractivity contribution in [1.82, 2.24) is 10.2 Å². The molecule has 0 radical (unpaired) electrons. The third-order valence-electron chi connectivity index (χ3n) is 0.933. The molecule has 0 aliphatic rings. The van der Waals surface area contributed by atoms with Crippen molar-refractivity contribution in [2.75, 3.05) is 5.43 Å². The highest BCUT2D eigenvalue weighted by molar-refractivity contribution is 6.29. The highest BCUT2D eigenvalue weighted by atomic mass is 35.5. The van der Waals surface area contributed by atoms with Crippen LogP contribution in [0.2, 0.25) is 5.15 Å². The largest absolute Gasteiger partial charge is 0.259 e. The summed E-state index contributed by atoms with van der Waals surface area (Å²) in [6, 6.07) is 4.89. The molecule has 0 saturated carbocycles. The Morgan fingerprint density at radius 1 is 1.58 bits per heavy atom. The van der Waals surface area contributed by atoms with E-state index in [0.717, 1.165) is 6.21 Å². The molecule has 0 atom stereocenters. The number of hydrazone groups is 1. The number of nitriles is 1. The predicted octanol–water partition coefficient (Wildman–Crippen LogP) is 1.05. The Morgan fingerprint density at radius 3 is 3.00 bits per heavy atom. The Balaban J connectivity index is 2.60. The molecule has 1 aromatic heterocycles. The lowest BCUT2D eigenvalue weighted by Gasteiger charge is -1.94. The first-order valence-electron chi connectivity index (χ1n) is 2.99. The molecular formula is C6H4ClN5. The van der Waals surface area contributed by atoms with Crippen LogP contribution in [0.15, 0.2) is 17.2 Å². The topological polar surface area (TPSA) is 74.0 Å². The van der Waals surface area contributed by atoms with E-state index in [4.69, 9.17) is 16.9 Å². The van der Waals surface area contributed by atoms with Crippen LogP contribution in [0.25, 0.3) is 0 Å². The normalized spacial score (nSPS) is 9.67. The minimum atomic E-state index is 0.310. The standard InChI is InChI=1S/C6H4ClN5/c7-5-1-2-6(12-10-5)11-9-4-3-8/h1-2,4H,(H,11,12)/b9-4+. The maximum atomic E-state index is 8.09. The van der Waals surface area contributed by atoms with Gasteiger partial charge in [-0.1, -0.05) is 11.6 Å². The van der Waals surface area contributed by atoms with Crippen LogP contribution in [0, 0.1) is 11.3 Å². The lowest BCUT2D eigenvalue weighted by molar-refractivity contribution is 1.02. The second kappa shape index (κ2) is 4.26. The zero-order valence-corrected chi connectivity index (χ0v) is 6.65. The van der Waals surface area contributed by atoms with Gasteiger partial charge in [0.05, 0.1) is 0 Å². The van der Waals surface area contributed by atoms with Crippen molar-refractivity contribution in [2.24, 2.45) is 5.10 Å². The molecule has 1 heterocycles. The Labute approximate surface area is 73.7 Å². The van der Waals surface area contributed by atoms with E-state index in [1.807, 2.05) is 0 Å². The summed E-state index contributed by atoms with van der Waals surface area (Å²) in [5, 5.41) is 19.1. The summed E-state index contributed by atoms with van der Waals surface area (Å²) < 4.78 is 0. The molecule has 0 aliphatic carbocycles. The smallest absolute Gasteiger partial charge is 0.168 e. The summed E-state index contributed by atoms with van der Waals surface area (Å²) >= 11 is 5.48. The number of rotatable bonds is 2. The summed E-state index contributed by atoms with van der Waals surface area (Å²) in [5.41, 5.74) is 2.49. The molecule has 12 heavy (non-hydrogen) atoms. The van der Waals surface area contributed by atoms with Gasteiger partial charge in [-0.3, -0.25) is 5.43 Å². The third kappa shape index (κ3) is 2.52. The maximum Gasteiger partial charge on any atom is 0.168 e. The molecular weight excluding hydrogens is 178 g/mol. The highest BCUT2D eigenvalue weighted by Gasteiger charge is 1.91. The maximum absolute atomic E-state index is 8.09. The van der Waals surface area contributed by atoms with Gasteiger partial charge in [-0.05, 0) is 12.1 Å². The fraction of sp³-hybridized carbons (Fsp3) is 0. The molecule has 1 N–H and O–H groups in total. The van der Waals surface area contributed by atoms with Crippen LogP contribution in [0.4, 0.5) is 5.82 Å². The minimum Gasteiger partial charge on any atom is -0.259 e. The van der Waals surface area contributed by atoms with E-state index >= 15 is 0 Å². The molecule has 0 aromatic carbocycles. The average molecular weight is 182 g/mol. The number of anilines is 1. The van der Waals surface area contributed by atoms with Crippen molar-refractivity contribution in [1.29, 1.82) is 5.26 Å². The minimum absolute atomic E-state index is 0.310. The van der Waals surface area contributed by atoms with Gasteiger partial charge in [0, 0.05) is 0 Å².